The van der Waals surface area contributed by atoms with E-state index in [1.807, 2.05) is 24.8 Å². The normalized spacial score (nSPS) is 21.1. The van der Waals surface area contributed by atoms with Crippen LogP contribution >= 0.6 is 0 Å². The van der Waals surface area contributed by atoms with Crippen LogP contribution in [-0.2, 0) is 11.2 Å². The Morgan fingerprint density at radius 3 is 2.81 bits per heavy atom. The Bertz CT molecular complexity index is 791. The van der Waals surface area contributed by atoms with Crippen LogP contribution in [0.15, 0.2) is 15.0 Å². The summed E-state index contributed by atoms with van der Waals surface area (Å²) in [6, 6.07) is 1.84. The Morgan fingerprint density at radius 1 is 1.26 bits per heavy atom. The zero-order valence-electron chi connectivity index (χ0n) is 16.1. The first-order valence-electron chi connectivity index (χ1n) is 9.86. The Labute approximate surface area is 159 Å². The molecule has 2 aromatic rings. The number of carbonyl (C=O) groups is 1. The summed E-state index contributed by atoms with van der Waals surface area (Å²) >= 11 is 0. The van der Waals surface area contributed by atoms with Gasteiger partial charge in [-0.3, -0.25) is 4.79 Å². The third-order valence-corrected chi connectivity index (χ3v) is 5.67. The van der Waals surface area contributed by atoms with Crippen molar-refractivity contribution >= 4 is 5.91 Å². The molecule has 27 heavy (non-hydrogen) atoms. The Hall–Kier alpha value is -2.15. The minimum atomic E-state index is 0.0771. The number of ether oxygens (including phenoxy) is 1. The summed E-state index contributed by atoms with van der Waals surface area (Å²) < 4.78 is 16.3. The number of hydrogen-bond acceptors (Lipinski definition) is 6. The van der Waals surface area contributed by atoms with Gasteiger partial charge in [-0.2, -0.15) is 4.98 Å². The van der Waals surface area contributed by atoms with Crippen molar-refractivity contribution in [1.29, 1.82) is 0 Å². The van der Waals surface area contributed by atoms with E-state index < -0.39 is 0 Å². The first-order chi connectivity index (χ1) is 13.1. The lowest BCUT2D eigenvalue weighted by Crippen LogP contribution is -2.28. The Balaban J connectivity index is 1.28. The molecule has 7 heteroatoms. The van der Waals surface area contributed by atoms with E-state index in [1.54, 1.807) is 0 Å². The van der Waals surface area contributed by atoms with E-state index in [0.29, 0.717) is 23.2 Å². The van der Waals surface area contributed by atoms with Crippen molar-refractivity contribution in [3.63, 3.8) is 0 Å². The Morgan fingerprint density at radius 2 is 2.07 bits per heavy atom. The van der Waals surface area contributed by atoms with Crippen LogP contribution in [0.5, 0.6) is 0 Å². The van der Waals surface area contributed by atoms with Gasteiger partial charge >= 0.3 is 0 Å². The number of nitrogens with zero attached hydrogens (tertiary/aromatic N) is 3. The van der Waals surface area contributed by atoms with Gasteiger partial charge in [-0.1, -0.05) is 5.16 Å². The minimum absolute atomic E-state index is 0.0771. The molecule has 0 N–H and O–H groups in total. The highest BCUT2D eigenvalue weighted by Gasteiger charge is 2.29. The molecule has 4 rings (SSSR count). The van der Waals surface area contributed by atoms with Gasteiger partial charge in [0.05, 0.1) is 5.56 Å². The molecule has 2 aliphatic rings. The van der Waals surface area contributed by atoms with Crippen molar-refractivity contribution in [3.05, 3.63) is 34.9 Å². The van der Waals surface area contributed by atoms with Crippen LogP contribution < -0.4 is 0 Å². The summed E-state index contributed by atoms with van der Waals surface area (Å²) in [6.45, 7) is 6.84. The second kappa shape index (κ2) is 7.84. The standard InChI is InChI=1S/C20H27N3O4/c1-13-11-17(14(2)26-13)20(24)23-8-5-15(12-23)3-4-18-21-19(27-22-18)16-6-9-25-10-7-16/h11,15-16H,3-10,12H2,1-2H3. The quantitative estimate of drug-likeness (QED) is 0.800. The van der Waals surface area contributed by atoms with Crippen molar-refractivity contribution in [2.75, 3.05) is 26.3 Å². The molecule has 0 radical (unpaired) electrons. The lowest BCUT2D eigenvalue weighted by atomic mass is 10.0. The molecule has 2 saturated heterocycles. The molecule has 0 aromatic carbocycles. The summed E-state index contributed by atoms with van der Waals surface area (Å²) in [7, 11) is 0. The SMILES string of the molecule is Cc1cc(C(=O)N2CCC(CCc3noc(C4CCOCC4)n3)C2)c(C)o1. The number of hydrogen-bond donors (Lipinski definition) is 0. The van der Waals surface area contributed by atoms with Crippen LogP contribution in [0.2, 0.25) is 0 Å². The third-order valence-electron chi connectivity index (χ3n) is 5.67. The fraction of sp³-hybridized carbons (Fsp3) is 0.650. The molecule has 2 fully saturated rings. The minimum Gasteiger partial charge on any atom is -0.466 e. The van der Waals surface area contributed by atoms with Crippen molar-refractivity contribution in [1.82, 2.24) is 15.0 Å². The van der Waals surface area contributed by atoms with Gasteiger partial charge < -0.3 is 18.6 Å². The predicted octanol–water partition coefficient (Wildman–Crippen LogP) is 3.27. The van der Waals surface area contributed by atoms with Gasteiger partial charge in [-0.15, -0.1) is 0 Å². The monoisotopic (exact) mass is 373 g/mol. The molecule has 0 saturated carbocycles. The first-order valence-corrected chi connectivity index (χ1v) is 9.86. The number of amides is 1. The molecule has 1 unspecified atom stereocenters. The van der Waals surface area contributed by atoms with Gasteiger partial charge in [0, 0.05) is 38.6 Å². The topological polar surface area (TPSA) is 81.6 Å². The van der Waals surface area contributed by atoms with Gasteiger partial charge in [-0.25, -0.2) is 0 Å². The van der Waals surface area contributed by atoms with Crippen LogP contribution in [0.25, 0.3) is 0 Å². The average molecular weight is 373 g/mol. The molecule has 2 aliphatic heterocycles. The van der Waals surface area contributed by atoms with E-state index in [0.717, 1.165) is 75.9 Å². The first kappa shape index (κ1) is 18.2. The van der Waals surface area contributed by atoms with Crippen molar-refractivity contribution in [3.8, 4) is 0 Å². The van der Waals surface area contributed by atoms with Crippen molar-refractivity contribution in [2.24, 2.45) is 5.92 Å². The van der Waals surface area contributed by atoms with Crippen LogP contribution in [0, 0.1) is 19.8 Å². The van der Waals surface area contributed by atoms with Gasteiger partial charge in [-0.05, 0) is 51.5 Å². The second-order valence-corrected chi connectivity index (χ2v) is 7.71. The van der Waals surface area contributed by atoms with Crippen LogP contribution in [0.1, 0.15) is 65.2 Å². The predicted molar refractivity (Wildman–Crippen MR) is 97.6 cm³/mol. The molecule has 0 aliphatic carbocycles. The summed E-state index contributed by atoms with van der Waals surface area (Å²) in [5.41, 5.74) is 0.687. The molecule has 0 bridgehead atoms. The number of likely N-dealkylation sites (tertiary alicyclic amines) is 1. The number of carbonyl (C=O) groups excluding carboxylic acids is 1. The van der Waals surface area contributed by atoms with E-state index in [1.165, 1.54) is 0 Å². The second-order valence-electron chi connectivity index (χ2n) is 7.71. The van der Waals surface area contributed by atoms with E-state index in [4.69, 9.17) is 13.7 Å². The number of aromatic nitrogens is 2. The molecule has 7 nitrogen and oxygen atoms in total. The van der Waals surface area contributed by atoms with E-state index in [2.05, 4.69) is 10.1 Å². The molecule has 1 amide bonds. The zero-order valence-corrected chi connectivity index (χ0v) is 16.1. The van der Waals surface area contributed by atoms with Gasteiger partial charge in [0.15, 0.2) is 5.82 Å². The summed E-state index contributed by atoms with van der Waals surface area (Å²) in [5, 5.41) is 4.15. The highest BCUT2D eigenvalue weighted by molar-refractivity contribution is 5.95. The average Bonchev–Trinajstić information content (AvgIpc) is 3.40. The van der Waals surface area contributed by atoms with Crippen LogP contribution in [0.3, 0.4) is 0 Å². The lowest BCUT2D eigenvalue weighted by Gasteiger charge is -2.17. The highest BCUT2D eigenvalue weighted by atomic mass is 16.5. The van der Waals surface area contributed by atoms with E-state index >= 15 is 0 Å². The molecule has 146 valence electrons. The fourth-order valence-electron chi connectivity index (χ4n) is 4.08. The maximum Gasteiger partial charge on any atom is 0.257 e. The maximum atomic E-state index is 12.7. The molecule has 0 spiro atoms. The smallest absolute Gasteiger partial charge is 0.257 e. The van der Waals surface area contributed by atoms with Gasteiger partial charge in [0.25, 0.3) is 5.91 Å². The highest BCUT2D eigenvalue weighted by Crippen LogP contribution is 2.27. The summed E-state index contributed by atoms with van der Waals surface area (Å²) in [6.07, 6.45) is 4.69. The molecule has 2 aromatic heterocycles. The third kappa shape index (κ3) is 4.08. The van der Waals surface area contributed by atoms with Crippen LogP contribution in [-0.4, -0.2) is 47.3 Å². The lowest BCUT2D eigenvalue weighted by molar-refractivity contribution is 0.0778. The number of rotatable bonds is 5. The van der Waals surface area contributed by atoms with Crippen molar-refractivity contribution < 1.29 is 18.5 Å². The van der Waals surface area contributed by atoms with Gasteiger partial charge in [0.1, 0.15) is 11.5 Å². The van der Waals surface area contributed by atoms with Crippen LogP contribution in [0.4, 0.5) is 0 Å². The maximum absolute atomic E-state index is 12.7. The fourth-order valence-corrected chi connectivity index (χ4v) is 4.08. The summed E-state index contributed by atoms with van der Waals surface area (Å²) in [5.74, 6) is 3.91. The number of furan rings is 1. The Kier molecular flexibility index (Phi) is 5.29. The zero-order chi connectivity index (χ0) is 18.8. The molecule has 4 heterocycles. The number of aryl methyl sites for hydroxylation is 3. The van der Waals surface area contributed by atoms with E-state index in [-0.39, 0.29) is 5.91 Å². The van der Waals surface area contributed by atoms with E-state index in [9.17, 15) is 4.79 Å². The van der Waals surface area contributed by atoms with Crippen molar-refractivity contribution in [2.45, 2.75) is 51.9 Å². The molecule has 1 atom stereocenters. The molecular formula is C20H27N3O4. The summed E-state index contributed by atoms with van der Waals surface area (Å²) in [4.78, 5) is 19.2. The largest absolute Gasteiger partial charge is 0.466 e. The van der Waals surface area contributed by atoms with Gasteiger partial charge in [0.2, 0.25) is 5.89 Å². The molecular weight excluding hydrogens is 346 g/mol.